The third-order valence-corrected chi connectivity index (χ3v) is 4.83. The van der Waals surface area contributed by atoms with E-state index in [-0.39, 0.29) is 17.7 Å². The van der Waals surface area contributed by atoms with E-state index in [1.807, 2.05) is 0 Å². The molecule has 28 heavy (non-hydrogen) atoms. The Kier molecular flexibility index (Phi) is 5.29. The van der Waals surface area contributed by atoms with Gasteiger partial charge in [-0.15, -0.1) is 0 Å². The van der Waals surface area contributed by atoms with E-state index >= 15 is 0 Å². The van der Waals surface area contributed by atoms with Crippen molar-refractivity contribution in [3.63, 3.8) is 0 Å². The first-order chi connectivity index (χ1) is 13.1. The topological polar surface area (TPSA) is 66.5 Å². The Morgan fingerprint density at radius 3 is 2.54 bits per heavy atom. The number of rotatable bonds is 4. The van der Waals surface area contributed by atoms with E-state index in [0.717, 1.165) is 17.0 Å². The van der Waals surface area contributed by atoms with Crippen LogP contribution in [0.4, 0.5) is 24.5 Å². The van der Waals surface area contributed by atoms with E-state index in [1.165, 1.54) is 18.2 Å². The van der Waals surface area contributed by atoms with Gasteiger partial charge in [-0.2, -0.15) is 13.2 Å². The van der Waals surface area contributed by atoms with E-state index in [1.54, 1.807) is 19.1 Å². The van der Waals surface area contributed by atoms with Crippen molar-refractivity contribution in [2.24, 2.45) is 0 Å². The van der Waals surface area contributed by atoms with Crippen molar-refractivity contribution in [3.8, 4) is 0 Å². The molecule has 0 aromatic heterocycles. The summed E-state index contributed by atoms with van der Waals surface area (Å²) in [5.74, 6) is -2.26. The van der Waals surface area contributed by atoms with Gasteiger partial charge in [-0.1, -0.05) is 28.9 Å². The molecule has 1 aliphatic heterocycles. The number of alkyl halides is 3. The molecule has 146 valence electrons. The lowest BCUT2D eigenvalue weighted by molar-refractivity contribution is -0.137. The zero-order valence-corrected chi connectivity index (χ0v) is 16.1. The third-order valence-electron chi connectivity index (χ3n) is 4.33. The second kappa shape index (κ2) is 7.38. The predicted molar refractivity (Wildman–Crippen MR) is 100 cm³/mol. The van der Waals surface area contributed by atoms with Gasteiger partial charge in [0.05, 0.1) is 16.8 Å². The molecule has 2 aromatic carbocycles. The number of anilines is 2. The van der Waals surface area contributed by atoms with Crippen LogP contribution in [-0.4, -0.2) is 23.6 Å². The van der Waals surface area contributed by atoms with Crippen LogP contribution in [0.2, 0.25) is 0 Å². The van der Waals surface area contributed by atoms with Gasteiger partial charge in [-0.3, -0.25) is 19.3 Å². The third kappa shape index (κ3) is 3.66. The molecule has 1 N–H and O–H groups in total. The van der Waals surface area contributed by atoms with Crippen molar-refractivity contribution in [2.75, 3.05) is 10.2 Å². The molecule has 0 bridgehead atoms. The zero-order chi connectivity index (χ0) is 20.6. The van der Waals surface area contributed by atoms with Crippen LogP contribution in [0.1, 0.15) is 29.3 Å². The minimum Gasteiger partial charge on any atom is -0.324 e. The number of hydrogen-bond donors (Lipinski definition) is 1. The number of fused-ring (bicyclic) bond motifs is 1. The second-order valence-electron chi connectivity index (χ2n) is 6.16. The van der Waals surface area contributed by atoms with E-state index in [2.05, 4.69) is 21.2 Å². The van der Waals surface area contributed by atoms with Gasteiger partial charge >= 0.3 is 6.18 Å². The van der Waals surface area contributed by atoms with Crippen molar-refractivity contribution in [2.45, 2.75) is 25.6 Å². The molecule has 0 saturated carbocycles. The largest absolute Gasteiger partial charge is 0.416 e. The number of amides is 2. The normalized spacial score (nSPS) is 14.8. The Morgan fingerprint density at radius 2 is 1.89 bits per heavy atom. The van der Waals surface area contributed by atoms with Crippen molar-refractivity contribution >= 4 is 44.9 Å². The summed E-state index contributed by atoms with van der Waals surface area (Å²) in [4.78, 5) is 38.5. The number of hydrogen-bond acceptors (Lipinski definition) is 3. The fourth-order valence-corrected chi connectivity index (χ4v) is 3.39. The minimum absolute atomic E-state index is 0.0488. The minimum atomic E-state index is -4.55. The summed E-state index contributed by atoms with van der Waals surface area (Å²) in [6.45, 7) is 1.64. The highest BCUT2D eigenvalue weighted by atomic mass is 79.9. The highest BCUT2D eigenvalue weighted by Gasteiger charge is 2.42. The molecule has 0 aliphatic carbocycles. The maximum atomic E-state index is 12.9. The lowest BCUT2D eigenvalue weighted by Gasteiger charge is -2.26. The molecule has 5 nitrogen and oxygen atoms in total. The Morgan fingerprint density at radius 1 is 1.18 bits per heavy atom. The number of benzene rings is 2. The first kappa shape index (κ1) is 20.1. The number of carbonyl (C=O) groups excluding carboxylic acids is 3. The van der Waals surface area contributed by atoms with Crippen LogP contribution >= 0.6 is 15.9 Å². The number of nitrogens with zero attached hydrogens (tertiary/aromatic N) is 1. The Balaban J connectivity index is 1.89. The number of nitrogens with one attached hydrogen (secondary N) is 1. The van der Waals surface area contributed by atoms with Crippen molar-refractivity contribution in [1.29, 1.82) is 0 Å². The average Bonchev–Trinajstić information content (AvgIpc) is 2.87. The maximum Gasteiger partial charge on any atom is 0.416 e. The first-order valence-corrected chi connectivity index (χ1v) is 9.08. The first-order valence-electron chi connectivity index (χ1n) is 8.29. The molecule has 1 unspecified atom stereocenters. The van der Waals surface area contributed by atoms with Crippen LogP contribution in [-0.2, 0) is 15.8 Å². The monoisotopic (exact) mass is 454 g/mol. The summed E-state index contributed by atoms with van der Waals surface area (Å²) >= 11 is 3.23. The molecule has 9 heteroatoms. The number of ketones is 1. The fourth-order valence-electron chi connectivity index (χ4n) is 3.03. The Hall–Kier alpha value is -2.68. The SMILES string of the molecule is CCC(C(=O)Nc1cccc(C(F)(F)F)c1)N1C(=O)C(=O)c2cc(Br)ccc21. The van der Waals surface area contributed by atoms with Crippen LogP contribution in [0.3, 0.4) is 0 Å². The van der Waals surface area contributed by atoms with Crippen LogP contribution in [0.25, 0.3) is 0 Å². The Labute approximate surface area is 166 Å². The van der Waals surface area contributed by atoms with E-state index < -0.39 is 35.4 Å². The van der Waals surface area contributed by atoms with Crippen molar-refractivity contribution < 1.29 is 27.6 Å². The summed E-state index contributed by atoms with van der Waals surface area (Å²) < 4.78 is 39.2. The molecule has 0 radical (unpaired) electrons. The summed E-state index contributed by atoms with van der Waals surface area (Å²) in [6.07, 6.45) is -4.38. The second-order valence-corrected chi connectivity index (χ2v) is 7.07. The van der Waals surface area contributed by atoms with E-state index in [0.29, 0.717) is 10.2 Å². The maximum absolute atomic E-state index is 12.9. The number of carbonyl (C=O) groups is 3. The molecule has 3 rings (SSSR count). The van der Waals surface area contributed by atoms with Crippen LogP contribution in [0.5, 0.6) is 0 Å². The van der Waals surface area contributed by atoms with Gasteiger partial charge in [0.25, 0.3) is 11.7 Å². The summed E-state index contributed by atoms with van der Waals surface area (Å²) in [6, 6.07) is 7.83. The van der Waals surface area contributed by atoms with Crippen molar-refractivity contribution in [3.05, 3.63) is 58.1 Å². The van der Waals surface area contributed by atoms with Crippen LogP contribution in [0, 0.1) is 0 Å². The standard InChI is InChI=1S/C19H14BrF3N2O3/c1-2-14(17(27)24-12-5-3-4-10(8-12)19(21,22)23)25-15-7-6-11(20)9-13(15)16(26)18(25)28/h3-9,14H,2H2,1H3,(H,24,27). The van der Waals surface area contributed by atoms with Gasteiger partial charge in [0.15, 0.2) is 0 Å². The number of Topliss-reactive ketones (excluding diaryl/α,β-unsaturated/α-hetero) is 1. The average molecular weight is 455 g/mol. The van der Waals surface area contributed by atoms with Gasteiger partial charge in [0.1, 0.15) is 6.04 Å². The van der Waals surface area contributed by atoms with Gasteiger partial charge < -0.3 is 5.32 Å². The molecule has 1 aliphatic rings. The highest BCUT2D eigenvalue weighted by molar-refractivity contribution is 9.10. The quantitative estimate of drug-likeness (QED) is 0.695. The van der Waals surface area contributed by atoms with Crippen molar-refractivity contribution in [1.82, 2.24) is 0 Å². The molecule has 0 fully saturated rings. The molecule has 0 spiro atoms. The molecular weight excluding hydrogens is 441 g/mol. The highest BCUT2D eigenvalue weighted by Crippen LogP contribution is 2.34. The number of halogens is 4. The van der Waals surface area contributed by atoms with E-state index in [9.17, 15) is 27.6 Å². The summed E-state index contributed by atoms with van der Waals surface area (Å²) in [5.41, 5.74) is -0.484. The zero-order valence-electron chi connectivity index (χ0n) is 14.5. The lowest BCUT2D eigenvalue weighted by Crippen LogP contribution is -2.46. The molecule has 1 atom stereocenters. The molecule has 2 amide bonds. The van der Waals surface area contributed by atoms with Gasteiger partial charge in [0, 0.05) is 10.2 Å². The molecule has 2 aromatic rings. The molecular formula is C19H14BrF3N2O3. The van der Waals surface area contributed by atoms with Gasteiger partial charge in [-0.05, 0) is 42.8 Å². The smallest absolute Gasteiger partial charge is 0.324 e. The van der Waals surface area contributed by atoms with Crippen LogP contribution in [0.15, 0.2) is 46.9 Å². The Bertz CT molecular complexity index is 975. The molecule has 0 saturated heterocycles. The van der Waals surface area contributed by atoms with E-state index in [4.69, 9.17) is 0 Å². The van der Waals surface area contributed by atoms with Gasteiger partial charge in [-0.25, -0.2) is 0 Å². The summed E-state index contributed by atoms with van der Waals surface area (Å²) in [5, 5.41) is 2.41. The summed E-state index contributed by atoms with van der Waals surface area (Å²) in [7, 11) is 0. The van der Waals surface area contributed by atoms with Gasteiger partial charge in [0.2, 0.25) is 5.91 Å². The van der Waals surface area contributed by atoms with Crippen LogP contribution < -0.4 is 10.2 Å². The molecule has 1 heterocycles. The lowest BCUT2D eigenvalue weighted by atomic mass is 10.1. The fraction of sp³-hybridized carbons (Fsp3) is 0.211. The predicted octanol–water partition coefficient (Wildman–Crippen LogP) is 4.41.